The van der Waals surface area contributed by atoms with E-state index >= 15 is 0 Å². The first-order chi connectivity index (χ1) is 7.73. The van der Waals surface area contributed by atoms with Gasteiger partial charge in [0.1, 0.15) is 0 Å². The number of hydrogen-bond acceptors (Lipinski definition) is 2. The van der Waals surface area contributed by atoms with Gasteiger partial charge in [0, 0.05) is 5.92 Å². The number of benzene rings is 1. The largest absolute Gasteiger partial charge is 0.377 e. The molecule has 1 aromatic carbocycles. The van der Waals surface area contributed by atoms with Crippen LogP contribution in [0.2, 0.25) is 0 Å². The number of carbonyl (C=O) groups is 1. The summed E-state index contributed by atoms with van der Waals surface area (Å²) in [5, 5.41) is 10.8. The molecule has 0 aliphatic heterocycles. The molecule has 1 N–H and O–H groups in total. The smallest absolute Gasteiger partial charge is 0.172 e. The molecule has 3 aliphatic carbocycles. The van der Waals surface area contributed by atoms with Crippen LogP contribution in [0.4, 0.5) is 0 Å². The normalized spacial score (nSPS) is 37.7. The monoisotopic (exact) mass is 216 g/mol. The number of hydrogen-bond donors (Lipinski definition) is 1. The number of fused-ring (bicyclic) bond motifs is 3. The zero-order valence-electron chi connectivity index (χ0n) is 9.23. The average molecular weight is 216 g/mol. The van der Waals surface area contributed by atoms with E-state index in [4.69, 9.17) is 0 Å². The van der Waals surface area contributed by atoms with Crippen molar-refractivity contribution in [2.75, 3.05) is 0 Å². The number of carbonyl (C=O) groups excluding carboxylic acids is 1. The maximum absolute atomic E-state index is 12.3. The highest BCUT2D eigenvalue weighted by molar-refractivity contribution is 5.92. The van der Waals surface area contributed by atoms with Crippen LogP contribution in [0.3, 0.4) is 0 Å². The molecule has 1 atom stereocenters. The lowest BCUT2D eigenvalue weighted by molar-refractivity contribution is -0.163. The fraction of sp³-hybridized carbons (Fsp3) is 0.500. The summed E-state index contributed by atoms with van der Waals surface area (Å²) >= 11 is 0. The van der Waals surface area contributed by atoms with E-state index in [2.05, 4.69) is 0 Å². The second-order valence-corrected chi connectivity index (χ2v) is 5.05. The van der Waals surface area contributed by atoms with Gasteiger partial charge in [-0.05, 0) is 37.2 Å². The molecule has 2 heteroatoms. The van der Waals surface area contributed by atoms with Crippen LogP contribution in [-0.4, -0.2) is 10.9 Å². The molecule has 0 aromatic heterocycles. The zero-order chi connectivity index (χ0) is 11.2. The van der Waals surface area contributed by atoms with Crippen LogP contribution in [0.5, 0.6) is 0 Å². The summed E-state index contributed by atoms with van der Waals surface area (Å²) in [4.78, 5) is 12.3. The van der Waals surface area contributed by atoms with Crippen molar-refractivity contribution >= 4 is 5.78 Å². The quantitative estimate of drug-likeness (QED) is 0.781. The van der Waals surface area contributed by atoms with Gasteiger partial charge in [-0.25, -0.2) is 0 Å². The van der Waals surface area contributed by atoms with Crippen molar-refractivity contribution in [1.82, 2.24) is 0 Å². The van der Waals surface area contributed by atoms with Gasteiger partial charge in [0.15, 0.2) is 11.4 Å². The SMILES string of the molecule is O=C1C2CCC(CC2)C1(O)c1ccccc1. The Bertz CT molecular complexity index is 404. The average Bonchev–Trinajstić information content (AvgIpc) is 2.37. The Labute approximate surface area is 95.3 Å². The Morgan fingerprint density at radius 2 is 1.69 bits per heavy atom. The highest BCUT2D eigenvalue weighted by atomic mass is 16.3. The lowest BCUT2D eigenvalue weighted by Crippen LogP contribution is -2.53. The van der Waals surface area contributed by atoms with Gasteiger partial charge in [-0.15, -0.1) is 0 Å². The van der Waals surface area contributed by atoms with Crippen molar-refractivity contribution in [3.05, 3.63) is 35.9 Å². The van der Waals surface area contributed by atoms with Crippen LogP contribution in [-0.2, 0) is 10.4 Å². The van der Waals surface area contributed by atoms with Crippen LogP contribution in [0.1, 0.15) is 31.2 Å². The third-order valence-electron chi connectivity index (χ3n) is 4.28. The van der Waals surface area contributed by atoms with Crippen LogP contribution in [0.15, 0.2) is 30.3 Å². The highest BCUT2D eigenvalue weighted by Crippen LogP contribution is 2.49. The Balaban J connectivity index is 2.07. The van der Waals surface area contributed by atoms with Crippen molar-refractivity contribution in [2.24, 2.45) is 11.8 Å². The minimum Gasteiger partial charge on any atom is -0.377 e. The molecule has 3 saturated carbocycles. The molecule has 3 fully saturated rings. The third kappa shape index (κ3) is 1.20. The van der Waals surface area contributed by atoms with Crippen LogP contribution < -0.4 is 0 Å². The Morgan fingerprint density at radius 1 is 1.06 bits per heavy atom. The van der Waals surface area contributed by atoms with Crippen molar-refractivity contribution in [1.29, 1.82) is 0 Å². The van der Waals surface area contributed by atoms with E-state index in [9.17, 15) is 9.90 Å². The Kier molecular flexibility index (Phi) is 2.15. The van der Waals surface area contributed by atoms with Gasteiger partial charge in [-0.2, -0.15) is 0 Å². The van der Waals surface area contributed by atoms with Crippen molar-refractivity contribution < 1.29 is 9.90 Å². The molecule has 0 saturated heterocycles. The molecular formula is C14H16O2. The van der Waals surface area contributed by atoms with Crippen molar-refractivity contribution in [3.63, 3.8) is 0 Å². The molecule has 84 valence electrons. The van der Waals surface area contributed by atoms with E-state index in [0.29, 0.717) is 0 Å². The molecule has 0 amide bonds. The standard InChI is InChI=1S/C14H16O2/c15-13-10-6-8-12(9-7-10)14(13,16)11-4-2-1-3-5-11/h1-5,10,12,16H,6-9H2. The van der Waals surface area contributed by atoms with E-state index in [1.54, 1.807) is 0 Å². The van der Waals surface area contributed by atoms with Gasteiger partial charge < -0.3 is 5.11 Å². The number of aliphatic hydroxyl groups is 1. The van der Waals surface area contributed by atoms with Crippen LogP contribution >= 0.6 is 0 Å². The molecule has 2 bridgehead atoms. The fourth-order valence-electron chi connectivity index (χ4n) is 3.36. The Hall–Kier alpha value is -1.15. The minimum absolute atomic E-state index is 0.0567. The first-order valence-electron chi connectivity index (χ1n) is 6.05. The van der Waals surface area contributed by atoms with E-state index < -0.39 is 5.60 Å². The summed E-state index contributed by atoms with van der Waals surface area (Å²) in [5.41, 5.74) is -0.406. The summed E-state index contributed by atoms with van der Waals surface area (Å²) in [6, 6.07) is 9.45. The molecule has 1 aromatic rings. The van der Waals surface area contributed by atoms with Gasteiger partial charge >= 0.3 is 0 Å². The second-order valence-electron chi connectivity index (χ2n) is 5.05. The van der Waals surface area contributed by atoms with E-state index in [-0.39, 0.29) is 17.6 Å². The Morgan fingerprint density at radius 3 is 2.25 bits per heavy atom. The number of Topliss-reactive ketones (excluding diaryl/α,β-unsaturated/α-hetero) is 1. The van der Waals surface area contributed by atoms with E-state index in [1.807, 2.05) is 30.3 Å². The summed E-state index contributed by atoms with van der Waals surface area (Å²) < 4.78 is 0. The first kappa shape index (κ1) is 10.0. The highest BCUT2D eigenvalue weighted by Gasteiger charge is 2.53. The molecular weight excluding hydrogens is 200 g/mol. The van der Waals surface area contributed by atoms with E-state index in [1.165, 1.54) is 0 Å². The maximum Gasteiger partial charge on any atom is 0.172 e. The molecule has 1 unspecified atom stereocenters. The van der Waals surface area contributed by atoms with Gasteiger partial charge in [0.2, 0.25) is 0 Å². The van der Waals surface area contributed by atoms with Crippen molar-refractivity contribution in [3.8, 4) is 0 Å². The second kappa shape index (κ2) is 3.42. The summed E-state index contributed by atoms with van der Waals surface area (Å²) in [6.45, 7) is 0. The molecule has 2 nitrogen and oxygen atoms in total. The lowest BCUT2D eigenvalue weighted by atomic mass is 9.59. The van der Waals surface area contributed by atoms with Gasteiger partial charge in [-0.1, -0.05) is 30.3 Å². The van der Waals surface area contributed by atoms with Crippen molar-refractivity contribution in [2.45, 2.75) is 31.3 Å². The first-order valence-corrected chi connectivity index (χ1v) is 6.05. The minimum atomic E-state index is -1.19. The molecule has 0 spiro atoms. The maximum atomic E-state index is 12.3. The molecule has 4 rings (SSSR count). The van der Waals surface area contributed by atoms with Gasteiger partial charge in [0.05, 0.1) is 0 Å². The predicted molar refractivity (Wildman–Crippen MR) is 60.8 cm³/mol. The fourth-order valence-corrected chi connectivity index (χ4v) is 3.36. The molecule has 0 radical (unpaired) electrons. The van der Waals surface area contributed by atoms with Crippen LogP contribution in [0.25, 0.3) is 0 Å². The summed E-state index contributed by atoms with van der Waals surface area (Å²) in [6.07, 6.45) is 3.92. The van der Waals surface area contributed by atoms with Gasteiger partial charge in [0.25, 0.3) is 0 Å². The van der Waals surface area contributed by atoms with E-state index in [0.717, 1.165) is 31.2 Å². The third-order valence-corrected chi connectivity index (χ3v) is 4.28. The number of ketones is 1. The summed E-state index contributed by atoms with van der Waals surface area (Å²) in [7, 11) is 0. The zero-order valence-corrected chi connectivity index (χ0v) is 9.23. The number of rotatable bonds is 1. The molecule has 16 heavy (non-hydrogen) atoms. The van der Waals surface area contributed by atoms with Crippen LogP contribution in [0, 0.1) is 11.8 Å². The summed E-state index contributed by atoms with van der Waals surface area (Å²) in [5.74, 6) is 0.281. The molecule has 0 heterocycles. The molecule has 3 aliphatic rings. The lowest BCUT2D eigenvalue weighted by Gasteiger charge is -2.47. The topological polar surface area (TPSA) is 37.3 Å². The predicted octanol–water partition coefficient (Wildman–Crippen LogP) is 2.26. The van der Waals surface area contributed by atoms with Gasteiger partial charge in [-0.3, -0.25) is 4.79 Å².